The van der Waals surface area contributed by atoms with Crippen LogP contribution in [-0.2, 0) is 22.4 Å². The molecule has 2 N–H and O–H groups in total. The van der Waals surface area contributed by atoms with Crippen LogP contribution in [0.1, 0.15) is 68.6 Å². The summed E-state index contributed by atoms with van der Waals surface area (Å²) in [5, 5.41) is 19.7. The maximum absolute atomic E-state index is 12.2. The number of benzene rings is 1. The van der Waals surface area contributed by atoms with Gasteiger partial charge in [-0.15, -0.1) is 0 Å². The number of fused-ring (bicyclic) bond motifs is 2. The molecule has 0 aliphatic heterocycles. The summed E-state index contributed by atoms with van der Waals surface area (Å²) in [6.45, 7) is 3.75. The first-order valence-corrected chi connectivity index (χ1v) is 11.1. The molecule has 0 spiro atoms. The fraction of sp³-hybridized carbons (Fsp3) is 0.667. The monoisotopic (exact) mass is 402 g/mol. The molecule has 0 saturated heterocycles. The van der Waals surface area contributed by atoms with Crippen LogP contribution < -0.4 is 4.74 Å². The lowest BCUT2D eigenvalue weighted by Gasteiger charge is -2.32. The van der Waals surface area contributed by atoms with E-state index in [0.717, 1.165) is 56.1 Å². The maximum atomic E-state index is 12.2. The van der Waals surface area contributed by atoms with Crippen molar-refractivity contribution in [3.63, 3.8) is 0 Å². The summed E-state index contributed by atoms with van der Waals surface area (Å²) in [6, 6.07) is 4.11. The van der Waals surface area contributed by atoms with E-state index in [2.05, 4.69) is 13.0 Å². The van der Waals surface area contributed by atoms with E-state index in [1.165, 1.54) is 5.56 Å². The Balaban J connectivity index is 1.68. The predicted octanol–water partition coefficient (Wildman–Crippen LogP) is 4.10. The number of hydrogen-bond donors (Lipinski definition) is 2. The molecule has 0 radical (unpaired) electrons. The molecule has 1 aromatic rings. The smallest absolute Gasteiger partial charge is 0.341 e. The van der Waals surface area contributed by atoms with Crippen LogP contribution in [0.4, 0.5) is 0 Å². The minimum absolute atomic E-state index is 0.174. The van der Waals surface area contributed by atoms with Crippen molar-refractivity contribution in [2.75, 3.05) is 6.61 Å². The van der Waals surface area contributed by atoms with E-state index in [-0.39, 0.29) is 18.6 Å². The number of aliphatic carboxylic acids is 1. The number of Topliss-reactive ketones (excluding diaryl/α,β-unsaturated/α-hetero) is 1. The van der Waals surface area contributed by atoms with Crippen LogP contribution >= 0.6 is 0 Å². The van der Waals surface area contributed by atoms with E-state index in [9.17, 15) is 14.7 Å². The normalized spacial score (nSPS) is 25.3. The fourth-order valence-corrected chi connectivity index (χ4v) is 5.33. The standard InChI is InChI=1S/C24H34O5/c1-3-4-5-6-18(25)9-10-19-20-11-16-8-7-15(2)24(29-14-23(27)28)21(16)12-17(20)13-22(19)26/h7-8,17,19-20,22,26H,3-6,9-14H2,1-2H3,(H,27,28)/t17?,19-,20?,22-/m1/s1. The third-order valence-electron chi connectivity index (χ3n) is 6.83. The molecule has 2 aliphatic carbocycles. The van der Waals surface area contributed by atoms with Gasteiger partial charge in [-0.3, -0.25) is 4.79 Å². The number of rotatable bonds is 10. The zero-order chi connectivity index (χ0) is 21.0. The zero-order valence-electron chi connectivity index (χ0n) is 17.7. The highest BCUT2D eigenvalue weighted by Crippen LogP contribution is 2.48. The van der Waals surface area contributed by atoms with Crippen LogP contribution in [0.5, 0.6) is 5.75 Å². The Morgan fingerprint density at radius 1 is 1.17 bits per heavy atom. The number of unbranched alkanes of at least 4 members (excludes halogenated alkanes) is 2. The highest BCUT2D eigenvalue weighted by Gasteiger charge is 2.45. The first kappa shape index (κ1) is 21.8. The van der Waals surface area contributed by atoms with Crippen LogP contribution in [0.25, 0.3) is 0 Å². The topological polar surface area (TPSA) is 83.8 Å². The van der Waals surface area contributed by atoms with Crippen molar-refractivity contribution in [3.05, 3.63) is 28.8 Å². The Kier molecular flexibility index (Phi) is 7.33. The summed E-state index contributed by atoms with van der Waals surface area (Å²) in [4.78, 5) is 23.1. The minimum Gasteiger partial charge on any atom is -0.481 e. The molecule has 0 heterocycles. The van der Waals surface area contributed by atoms with Crippen molar-refractivity contribution in [3.8, 4) is 5.75 Å². The van der Waals surface area contributed by atoms with E-state index >= 15 is 0 Å². The van der Waals surface area contributed by atoms with Gasteiger partial charge in [-0.25, -0.2) is 4.79 Å². The number of aliphatic hydroxyl groups is 1. The molecule has 2 unspecified atom stereocenters. The third-order valence-corrected chi connectivity index (χ3v) is 6.83. The van der Waals surface area contributed by atoms with Crippen LogP contribution in [-0.4, -0.2) is 34.7 Å². The molecule has 0 bridgehead atoms. The Hall–Kier alpha value is -1.88. The summed E-state index contributed by atoms with van der Waals surface area (Å²) in [7, 11) is 0. The number of carbonyl (C=O) groups excluding carboxylic acids is 1. The Morgan fingerprint density at radius 2 is 1.97 bits per heavy atom. The minimum atomic E-state index is -0.976. The third kappa shape index (κ3) is 5.19. The largest absolute Gasteiger partial charge is 0.481 e. The second-order valence-corrected chi connectivity index (χ2v) is 8.87. The lowest BCUT2D eigenvalue weighted by atomic mass is 9.73. The summed E-state index contributed by atoms with van der Waals surface area (Å²) in [5.74, 6) is 0.976. The number of ketones is 1. The van der Waals surface area contributed by atoms with Gasteiger partial charge in [0.2, 0.25) is 0 Å². The lowest BCUT2D eigenvalue weighted by Crippen LogP contribution is -2.28. The molecule has 0 amide bonds. The molecule has 4 atom stereocenters. The molecule has 5 heteroatoms. The van der Waals surface area contributed by atoms with Gasteiger partial charge in [-0.1, -0.05) is 31.9 Å². The number of ether oxygens (including phenoxy) is 1. The zero-order valence-corrected chi connectivity index (χ0v) is 17.7. The Morgan fingerprint density at radius 3 is 2.69 bits per heavy atom. The van der Waals surface area contributed by atoms with Crippen LogP contribution in [0.15, 0.2) is 12.1 Å². The quantitative estimate of drug-likeness (QED) is 0.576. The molecule has 1 fully saturated rings. The number of carboxylic acid groups (broad SMARTS) is 1. The molecule has 0 aromatic heterocycles. The van der Waals surface area contributed by atoms with Gasteiger partial charge in [0.25, 0.3) is 0 Å². The fourth-order valence-electron chi connectivity index (χ4n) is 5.33. The van der Waals surface area contributed by atoms with Gasteiger partial charge in [-0.05, 0) is 73.5 Å². The van der Waals surface area contributed by atoms with Crippen molar-refractivity contribution in [2.45, 2.75) is 77.7 Å². The molecular weight excluding hydrogens is 368 g/mol. The predicted molar refractivity (Wildman–Crippen MR) is 111 cm³/mol. The molecular formula is C24H34O5. The number of hydrogen-bond acceptors (Lipinski definition) is 4. The van der Waals surface area contributed by atoms with Gasteiger partial charge in [0, 0.05) is 12.8 Å². The Labute approximate surface area is 173 Å². The number of aryl methyl sites for hydroxylation is 1. The average Bonchev–Trinajstić information content (AvgIpc) is 2.98. The summed E-state index contributed by atoms with van der Waals surface area (Å²) in [6.07, 6.45) is 7.29. The lowest BCUT2D eigenvalue weighted by molar-refractivity contribution is -0.139. The van der Waals surface area contributed by atoms with Gasteiger partial charge in [-0.2, -0.15) is 0 Å². The highest BCUT2D eigenvalue weighted by molar-refractivity contribution is 5.78. The Bertz CT molecular complexity index is 741. The van der Waals surface area contributed by atoms with Gasteiger partial charge in [0.05, 0.1) is 6.10 Å². The van der Waals surface area contributed by atoms with Gasteiger partial charge in [0.1, 0.15) is 11.5 Å². The van der Waals surface area contributed by atoms with Crippen molar-refractivity contribution in [2.24, 2.45) is 17.8 Å². The summed E-state index contributed by atoms with van der Waals surface area (Å²) < 4.78 is 5.62. The number of aliphatic hydroxyl groups excluding tert-OH is 1. The molecule has 160 valence electrons. The number of carbonyl (C=O) groups is 2. The van der Waals surface area contributed by atoms with Crippen LogP contribution in [0.3, 0.4) is 0 Å². The van der Waals surface area contributed by atoms with E-state index in [1.807, 2.05) is 13.0 Å². The first-order chi connectivity index (χ1) is 13.9. The molecule has 1 aromatic carbocycles. The molecule has 1 saturated carbocycles. The molecule has 3 rings (SSSR count). The average molecular weight is 403 g/mol. The van der Waals surface area contributed by atoms with Crippen LogP contribution in [0.2, 0.25) is 0 Å². The summed E-state index contributed by atoms with van der Waals surface area (Å²) >= 11 is 0. The highest BCUT2D eigenvalue weighted by atomic mass is 16.5. The number of carboxylic acids is 1. The van der Waals surface area contributed by atoms with Crippen molar-refractivity contribution < 1.29 is 24.5 Å². The van der Waals surface area contributed by atoms with Gasteiger partial charge >= 0.3 is 5.97 Å². The van der Waals surface area contributed by atoms with Crippen molar-refractivity contribution >= 4 is 11.8 Å². The second kappa shape index (κ2) is 9.75. The van der Waals surface area contributed by atoms with Crippen LogP contribution in [0, 0.1) is 24.7 Å². The van der Waals surface area contributed by atoms with Gasteiger partial charge < -0.3 is 14.9 Å². The second-order valence-electron chi connectivity index (χ2n) is 8.87. The SMILES string of the molecule is CCCCCC(=O)CC[C@@H]1C2Cc3ccc(C)c(OCC(=O)O)c3CC2C[C@H]1O. The van der Waals surface area contributed by atoms with Crippen molar-refractivity contribution in [1.82, 2.24) is 0 Å². The maximum Gasteiger partial charge on any atom is 0.341 e. The first-order valence-electron chi connectivity index (χ1n) is 11.1. The van der Waals surface area contributed by atoms with E-state index in [0.29, 0.717) is 36.2 Å². The van der Waals surface area contributed by atoms with Crippen molar-refractivity contribution in [1.29, 1.82) is 0 Å². The molecule has 29 heavy (non-hydrogen) atoms. The van der Waals surface area contributed by atoms with E-state index < -0.39 is 5.97 Å². The molecule has 2 aliphatic rings. The van der Waals surface area contributed by atoms with E-state index in [1.54, 1.807) is 0 Å². The molecule has 5 nitrogen and oxygen atoms in total. The van der Waals surface area contributed by atoms with Gasteiger partial charge in [0.15, 0.2) is 6.61 Å². The van der Waals surface area contributed by atoms with E-state index in [4.69, 9.17) is 9.84 Å². The summed E-state index contributed by atoms with van der Waals surface area (Å²) in [5.41, 5.74) is 3.26.